The first-order valence-electron chi connectivity index (χ1n) is 5.93. The quantitative estimate of drug-likeness (QED) is 0.889. The van der Waals surface area contributed by atoms with E-state index in [-0.39, 0.29) is 5.56 Å². The van der Waals surface area contributed by atoms with Crippen LogP contribution in [0.25, 0.3) is 0 Å². The van der Waals surface area contributed by atoms with Gasteiger partial charge in [0.15, 0.2) is 0 Å². The zero-order chi connectivity index (χ0) is 13.9. The fourth-order valence-corrected chi connectivity index (χ4v) is 3.19. The van der Waals surface area contributed by atoms with Crippen LogP contribution in [0.3, 0.4) is 0 Å². The van der Waals surface area contributed by atoms with E-state index in [2.05, 4.69) is 5.32 Å². The Morgan fingerprint density at radius 1 is 1.21 bits per heavy atom. The van der Waals surface area contributed by atoms with Crippen LogP contribution in [0.1, 0.15) is 23.2 Å². The number of amides is 1. The first kappa shape index (κ1) is 13.9. The molecule has 1 amide bonds. The van der Waals surface area contributed by atoms with Crippen LogP contribution < -0.4 is 5.32 Å². The number of rotatable bonds is 3. The van der Waals surface area contributed by atoms with Crippen LogP contribution in [0.4, 0.5) is 4.39 Å². The van der Waals surface area contributed by atoms with Crippen molar-refractivity contribution in [3.8, 4) is 0 Å². The third kappa shape index (κ3) is 3.07. The molecule has 1 aliphatic rings. The van der Waals surface area contributed by atoms with Crippen molar-refractivity contribution in [2.75, 3.05) is 11.5 Å². The van der Waals surface area contributed by atoms with Crippen molar-refractivity contribution in [3.05, 3.63) is 35.6 Å². The number of halogens is 1. The number of aliphatic carboxylic acids is 1. The van der Waals surface area contributed by atoms with Crippen molar-refractivity contribution in [1.29, 1.82) is 0 Å². The van der Waals surface area contributed by atoms with E-state index in [0.29, 0.717) is 24.3 Å². The Morgan fingerprint density at radius 3 is 2.32 bits per heavy atom. The van der Waals surface area contributed by atoms with Crippen molar-refractivity contribution in [1.82, 2.24) is 5.32 Å². The van der Waals surface area contributed by atoms with Gasteiger partial charge < -0.3 is 10.4 Å². The number of thioether (sulfide) groups is 1. The van der Waals surface area contributed by atoms with Gasteiger partial charge >= 0.3 is 5.97 Å². The molecule has 1 aromatic carbocycles. The molecule has 0 atom stereocenters. The largest absolute Gasteiger partial charge is 0.480 e. The normalized spacial score (nSPS) is 17.7. The van der Waals surface area contributed by atoms with Crippen molar-refractivity contribution in [2.24, 2.45) is 0 Å². The van der Waals surface area contributed by atoms with E-state index in [4.69, 9.17) is 0 Å². The number of benzene rings is 1. The second kappa shape index (κ2) is 5.61. The van der Waals surface area contributed by atoms with Gasteiger partial charge in [-0.1, -0.05) is 0 Å². The standard InChI is InChI=1S/C13H14FNO3S/c14-10-3-1-9(2-4-10)11(16)15-13(12(17)18)5-7-19-8-6-13/h1-4H,5-8H2,(H,15,16)(H,17,18). The zero-order valence-corrected chi connectivity index (χ0v) is 11.0. The van der Waals surface area contributed by atoms with E-state index < -0.39 is 23.2 Å². The molecule has 0 radical (unpaired) electrons. The lowest BCUT2D eigenvalue weighted by Gasteiger charge is -2.33. The highest BCUT2D eigenvalue weighted by molar-refractivity contribution is 7.99. The molecule has 1 aliphatic heterocycles. The van der Waals surface area contributed by atoms with Crippen molar-refractivity contribution >= 4 is 23.6 Å². The van der Waals surface area contributed by atoms with E-state index >= 15 is 0 Å². The first-order valence-corrected chi connectivity index (χ1v) is 7.08. The predicted octanol–water partition coefficient (Wildman–Crippen LogP) is 1.91. The van der Waals surface area contributed by atoms with Crippen LogP contribution in [0.15, 0.2) is 24.3 Å². The van der Waals surface area contributed by atoms with E-state index in [1.807, 2.05) is 0 Å². The average Bonchev–Trinajstić information content (AvgIpc) is 2.40. The van der Waals surface area contributed by atoms with Gasteiger partial charge in [-0.15, -0.1) is 0 Å². The summed E-state index contributed by atoms with van der Waals surface area (Å²) < 4.78 is 12.8. The third-order valence-electron chi connectivity index (χ3n) is 3.21. The summed E-state index contributed by atoms with van der Waals surface area (Å²) in [4.78, 5) is 23.4. The summed E-state index contributed by atoms with van der Waals surface area (Å²) in [6.07, 6.45) is 0.805. The van der Waals surface area contributed by atoms with E-state index in [1.165, 1.54) is 24.3 Å². The van der Waals surface area contributed by atoms with Gasteiger partial charge in [-0.05, 0) is 48.6 Å². The molecule has 0 unspecified atom stereocenters. The molecule has 0 aromatic heterocycles. The number of hydrogen-bond donors (Lipinski definition) is 2. The SMILES string of the molecule is O=C(NC1(C(=O)O)CCSCC1)c1ccc(F)cc1. The van der Waals surface area contributed by atoms with E-state index in [0.717, 1.165) is 0 Å². The third-order valence-corrected chi connectivity index (χ3v) is 4.20. The molecular formula is C13H14FNO3S. The average molecular weight is 283 g/mol. The Balaban J connectivity index is 2.15. The molecule has 19 heavy (non-hydrogen) atoms. The van der Waals surface area contributed by atoms with Crippen LogP contribution in [0.5, 0.6) is 0 Å². The van der Waals surface area contributed by atoms with Gasteiger partial charge in [0, 0.05) is 5.56 Å². The summed E-state index contributed by atoms with van der Waals surface area (Å²) in [5.74, 6) is -0.512. The maximum absolute atomic E-state index is 12.8. The fourth-order valence-electron chi connectivity index (χ4n) is 2.00. The molecular weight excluding hydrogens is 269 g/mol. The predicted molar refractivity (Wildman–Crippen MR) is 70.8 cm³/mol. The summed E-state index contributed by atoms with van der Waals surface area (Å²) in [6.45, 7) is 0. The van der Waals surface area contributed by atoms with Crippen LogP contribution >= 0.6 is 11.8 Å². The van der Waals surface area contributed by atoms with Crippen LogP contribution in [0, 0.1) is 5.82 Å². The fraction of sp³-hybridized carbons (Fsp3) is 0.385. The minimum Gasteiger partial charge on any atom is -0.480 e. The lowest BCUT2D eigenvalue weighted by atomic mass is 9.92. The highest BCUT2D eigenvalue weighted by Gasteiger charge is 2.41. The van der Waals surface area contributed by atoms with Crippen molar-refractivity contribution < 1.29 is 19.1 Å². The molecule has 0 aliphatic carbocycles. The van der Waals surface area contributed by atoms with Gasteiger partial charge in [0.05, 0.1) is 0 Å². The van der Waals surface area contributed by atoms with Gasteiger partial charge in [0.1, 0.15) is 11.4 Å². The smallest absolute Gasteiger partial charge is 0.329 e. The van der Waals surface area contributed by atoms with Gasteiger partial charge in [0.25, 0.3) is 5.91 Å². The number of carbonyl (C=O) groups excluding carboxylic acids is 1. The molecule has 0 saturated carbocycles. The van der Waals surface area contributed by atoms with Gasteiger partial charge in [-0.25, -0.2) is 9.18 Å². The summed E-state index contributed by atoms with van der Waals surface area (Å²) in [5.41, 5.74) is -0.934. The zero-order valence-electron chi connectivity index (χ0n) is 10.2. The van der Waals surface area contributed by atoms with Crippen LogP contribution in [-0.4, -0.2) is 34.0 Å². The molecule has 0 bridgehead atoms. The number of carboxylic acid groups (broad SMARTS) is 1. The highest BCUT2D eigenvalue weighted by atomic mass is 32.2. The Bertz CT molecular complexity index is 483. The van der Waals surface area contributed by atoms with Crippen molar-refractivity contribution in [2.45, 2.75) is 18.4 Å². The van der Waals surface area contributed by atoms with E-state index in [9.17, 15) is 19.1 Å². The molecule has 1 heterocycles. The minimum atomic E-state index is -1.20. The summed E-state index contributed by atoms with van der Waals surface area (Å²) >= 11 is 1.68. The molecule has 1 fully saturated rings. The molecule has 102 valence electrons. The van der Waals surface area contributed by atoms with Crippen molar-refractivity contribution in [3.63, 3.8) is 0 Å². The highest BCUT2D eigenvalue weighted by Crippen LogP contribution is 2.27. The Labute approximate surface area is 114 Å². The molecule has 2 rings (SSSR count). The maximum Gasteiger partial charge on any atom is 0.329 e. The number of carboxylic acids is 1. The maximum atomic E-state index is 12.8. The molecule has 4 nitrogen and oxygen atoms in total. The number of hydrogen-bond acceptors (Lipinski definition) is 3. The minimum absolute atomic E-state index is 0.264. The molecule has 6 heteroatoms. The Kier molecular flexibility index (Phi) is 4.09. The Morgan fingerprint density at radius 2 is 1.79 bits per heavy atom. The Hall–Kier alpha value is -1.56. The monoisotopic (exact) mass is 283 g/mol. The molecule has 2 N–H and O–H groups in total. The number of carbonyl (C=O) groups is 2. The lowest BCUT2D eigenvalue weighted by molar-refractivity contribution is -0.144. The first-order chi connectivity index (χ1) is 9.03. The molecule has 1 saturated heterocycles. The topological polar surface area (TPSA) is 66.4 Å². The van der Waals surface area contributed by atoms with Gasteiger partial charge in [-0.3, -0.25) is 4.79 Å². The summed E-state index contributed by atoms with van der Waals surface area (Å²) in [6, 6.07) is 5.05. The summed E-state index contributed by atoms with van der Waals surface area (Å²) in [7, 11) is 0. The lowest BCUT2D eigenvalue weighted by Crippen LogP contribution is -2.56. The van der Waals surface area contributed by atoms with Crippen LogP contribution in [0.2, 0.25) is 0 Å². The van der Waals surface area contributed by atoms with Gasteiger partial charge in [0.2, 0.25) is 0 Å². The second-order valence-corrected chi connectivity index (χ2v) is 5.69. The summed E-state index contributed by atoms with van der Waals surface area (Å²) in [5, 5.41) is 11.9. The van der Waals surface area contributed by atoms with Crippen LogP contribution in [-0.2, 0) is 4.79 Å². The number of nitrogens with one attached hydrogen (secondary N) is 1. The molecule has 1 aromatic rings. The van der Waals surface area contributed by atoms with E-state index in [1.54, 1.807) is 11.8 Å². The second-order valence-electron chi connectivity index (χ2n) is 4.46. The molecule has 0 spiro atoms. The van der Waals surface area contributed by atoms with Gasteiger partial charge in [-0.2, -0.15) is 11.8 Å².